The first-order valence-corrected chi connectivity index (χ1v) is 10.9. The number of anilines is 1. The number of rotatable bonds is 6. The van der Waals surface area contributed by atoms with Crippen molar-refractivity contribution in [2.75, 3.05) is 5.32 Å². The number of carbonyl (C=O) groups excluding carboxylic acids is 1. The summed E-state index contributed by atoms with van der Waals surface area (Å²) in [5, 5.41) is 37.4. The molecule has 4 rings (SSSR count). The van der Waals surface area contributed by atoms with E-state index in [0.717, 1.165) is 3.96 Å². The number of nitrogens with one attached hydrogen (secondary N) is 1. The second-order valence-electron chi connectivity index (χ2n) is 7.13. The molecule has 2 amide bonds. The van der Waals surface area contributed by atoms with Crippen molar-refractivity contribution in [2.45, 2.75) is 0 Å². The predicted octanol–water partition coefficient (Wildman–Crippen LogP) is 3.55. The molecule has 4 aromatic rings. The molecular formula is C21H13N7O8S. The van der Waals surface area contributed by atoms with Crippen LogP contribution in [0, 0.1) is 30.3 Å². The van der Waals surface area contributed by atoms with E-state index >= 15 is 0 Å². The van der Waals surface area contributed by atoms with E-state index in [9.17, 15) is 39.9 Å². The van der Waals surface area contributed by atoms with E-state index in [-0.39, 0.29) is 5.69 Å². The van der Waals surface area contributed by atoms with Crippen LogP contribution in [0.2, 0.25) is 0 Å². The quantitative estimate of drug-likeness (QED) is 0.292. The minimum atomic E-state index is -1.10. The van der Waals surface area contributed by atoms with Crippen LogP contribution in [0.25, 0.3) is 11.4 Å². The van der Waals surface area contributed by atoms with E-state index < -0.39 is 54.0 Å². The molecule has 0 radical (unpaired) electrons. The molecular weight excluding hydrogens is 510 g/mol. The van der Waals surface area contributed by atoms with Gasteiger partial charge in [-0.25, -0.2) is 18.1 Å². The molecule has 0 spiro atoms. The summed E-state index contributed by atoms with van der Waals surface area (Å²) in [4.78, 5) is 61.2. The van der Waals surface area contributed by atoms with Gasteiger partial charge >= 0.3 is 23.1 Å². The van der Waals surface area contributed by atoms with Gasteiger partial charge in [-0.05, 0) is 35.8 Å². The van der Waals surface area contributed by atoms with Gasteiger partial charge in [0.05, 0.1) is 32.6 Å². The fraction of sp³-hybridized carbons (Fsp3) is 0. The van der Waals surface area contributed by atoms with Gasteiger partial charge in [0.2, 0.25) is 10.5 Å². The number of nitro benzene ring substituents is 3. The van der Waals surface area contributed by atoms with Gasteiger partial charge in [-0.3, -0.25) is 30.3 Å². The minimum absolute atomic E-state index is 0.281. The van der Waals surface area contributed by atoms with Gasteiger partial charge in [0.25, 0.3) is 5.69 Å². The smallest absolute Gasteiger partial charge is 0.306 e. The van der Waals surface area contributed by atoms with Crippen LogP contribution in [0.15, 0.2) is 82.6 Å². The molecule has 0 fully saturated rings. The predicted molar refractivity (Wildman–Crippen MR) is 130 cm³/mol. The normalized spacial score (nSPS) is 11.2. The number of nitrogens with zero attached hydrogens (tertiary/aromatic N) is 6. The molecule has 37 heavy (non-hydrogen) atoms. The van der Waals surface area contributed by atoms with Crippen molar-refractivity contribution in [1.82, 2.24) is 8.52 Å². The van der Waals surface area contributed by atoms with Crippen molar-refractivity contribution < 1.29 is 19.6 Å². The average Bonchev–Trinajstić information content (AvgIpc) is 3.19. The zero-order chi connectivity index (χ0) is 26.7. The summed E-state index contributed by atoms with van der Waals surface area (Å²) in [7, 11) is 0. The Balaban J connectivity index is 2.06. The Morgan fingerprint density at radius 2 is 1.38 bits per heavy atom. The number of benzene rings is 3. The summed E-state index contributed by atoms with van der Waals surface area (Å²) < 4.78 is 1.53. The number of urea groups is 1. The maximum atomic E-state index is 13.5. The van der Waals surface area contributed by atoms with Crippen LogP contribution in [0.1, 0.15) is 0 Å². The maximum absolute atomic E-state index is 13.5. The van der Waals surface area contributed by atoms with Crippen molar-refractivity contribution in [3.8, 4) is 11.4 Å². The topological polar surface area (TPSA) is 198 Å². The van der Waals surface area contributed by atoms with Gasteiger partial charge in [0.15, 0.2) is 0 Å². The van der Waals surface area contributed by atoms with E-state index in [1.54, 1.807) is 48.5 Å². The Morgan fingerprint density at radius 3 is 1.89 bits per heavy atom. The third kappa shape index (κ3) is 4.98. The van der Waals surface area contributed by atoms with Crippen LogP contribution < -0.4 is 15.8 Å². The number of hydrogen-bond donors (Lipinski definition) is 1. The molecule has 1 aromatic heterocycles. The van der Waals surface area contributed by atoms with Crippen molar-refractivity contribution in [2.24, 2.45) is 4.99 Å². The molecule has 0 aliphatic carbocycles. The standard InChI is InChI=1S/C21H13N7O8S/c29-19(22-13-7-3-1-4-8-13)23-20-24(21(30)25(37-20)14-9-5-2-6-10-14)18-16(27(33)34)11-15(26(31)32)12-17(18)28(35)36/h1-12H,(H,22,29). The zero-order valence-corrected chi connectivity index (χ0v) is 19.1. The largest absolute Gasteiger partial charge is 0.349 e. The van der Waals surface area contributed by atoms with Crippen LogP contribution in [0.5, 0.6) is 0 Å². The lowest BCUT2D eigenvalue weighted by Gasteiger charge is -2.05. The Bertz CT molecular complexity index is 1640. The summed E-state index contributed by atoms with van der Waals surface area (Å²) in [5.41, 5.74) is -4.40. The number of hydrogen-bond acceptors (Lipinski definition) is 9. The molecule has 0 unspecified atom stereocenters. The van der Waals surface area contributed by atoms with Crippen molar-refractivity contribution in [1.29, 1.82) is 0 Å². The SMILES string of the molecule is O=C(N=c1sn(-c2ccccc2)c(=O)n1-c1c([N+](=O)[O-])cc([N+](=O)[O-])cc1[N+](=O)[O-])Nc1ccccc1. The van der Waals surface area contributed by atoms with Gasteiger partial charge in [0.1, 0.15) is 0 Å². The van der Waals surface area contributed by atoms with Crippen LogP contribution in [-0.4, -0.2) is 29.3 Å². The van der Waals surface area contributed by atoms with Crippen molar-refractivity contribution in [3.63, 3.8) is 0 Å². The molecule has 0 bridgehead atoms. The molecule has 0 aliphatic rings. The molecule has 0 aliphatic heterocycles. The first-order chi connectivity index (χ1) is 17.7. The third-order valence-corrected chi connectivity index (χ3v) is 5.81. The highest BCUT2D eigenvalue weighted by molar-refractivity contribution is 7.03. The number of nitro groups is 3. The lowest BCUT2D eigenvalue weighted by atomic mass is 10.2. The van der Waals surface area contributed by atoms with Gasteiger partial charge in [0, 0.05) is 5.69 Å². The summed E-state index contributed by atoms with van der Waals surface area (Å²) >= 11 is 0.585. The van der Waals surface area contributed by atoms with Crippen molar-refractivity contribution >= 4 is 40.3 Å². The summed E-state index contributed by atoms with van der Waals surface area (Å²) in [6, 6.07) is 16.0. The highest BCUT2D eigenvalue weighted by Gasteiger charge is 2.34. The monoisotopic (exact) mass is 523 g/mol. The van der Waals surface area contributed by atoms with Gasteiger partial charge in [-0.1, -0.05) is 36.4 Å². The van der Waals surface area contributed by atoms with E-state index in [4.69, 9.17) is 0 Å². The van der Waals surface area contributed by atoms with E-state index in [2.05, 4.69) is 10.3 Å². The van der Waals surface area contributed by atoms with E-state index in [1.165, 1.54) is 12.1 Å². The molecule has 16 heteroatoms. The molecule has 186 valence electrons. The molecule has 1 N–H and O–H groups in total. The molecule has 1 heterocycles. The van der Waals surface area contributed by atoms with E-state index in [1.807, 2.05) is 0 Å². The number of para-hydroxylation sites is 2. The number of carbonyl (C=O) groups is 1. The zero-order valence-electron chi connectivity index (χ0n) is 18.3. The fourth-order valence-electron chi connectivity index (χ4n) is 3.28. The molecule has 3 aromatic carbocycles. The van der Waals surface area contributed by atoms with Gasteiger partial charge < -0.3 is 5.32 Å². The van der Waals surface area contributed by atoms with Gasteiger partial charge in [-0.2, -0.15) is 4.99 Å². The second kappa shape index (κ2) is 10.0. The maximum Gasteiger partial charge on any atom is 0.349 e. The lowest BCUT2D eigenvalue weighted by molar-refractivity contribution is -0.402. The van der Waals surface area contributed by atoms with Crippen LogP contribution in [-0.2, 0) is 0 Å². The number of amides is 2. The number of non-ortho nitro benzene ring substituents is 1. The van der Waals surface area contributed by atoms with Crippen LogP contribution >= 0.6 is 11.5 Å². The molecule has 0 saturated carbocycles. The fourth-order valence-corrected chi connectivity index (χ4v) is 4.21. The minimum Gasteiger partial charge on any atom is -0.306 e. The second-order valence-corrected chi connectivity index (χ2v) is 8.05. The number of aromatic nitrogens is 2. The van der Waals surface area contributed by atoms with Crippen LogP contribution in [0.3, 0.4) is 0 Å². The van der Waals surface area contributed by atoms with Gasteiger partial charge in [-0.15, -0.1) is 0 Å². The highest BCUT2D eigenvalue weighted by Crippen LogP contribution is 2.35. The Labute approximate surface area is 208 Å². The Hall–Kier alpha value is -5.51. The molecule has 0 saturated heterocycles. The summed E-state index contributed by atoms with van der Waals surface area (Å²) in [6.45, 7) is 0. The third-order valence-electron chi connectivity index (χ3n) is 4.82. The summed E-state index contributed by atoms with van der Waals surface area (Å²) in [5.74, 6) is 0. The first kappa shape index (κ1) is 24.6. The Morgan fingerprint density at radius 1 is 0.838 bits per heavy atom. The lowest BCUT2D eigenvalue weighted by Crippen LogP contribution is -2.30. The molecule has 15 nitrogen and oxygen atoms in total. The first-order valence-electron chi connectivity index (χ1n) is 10.1. The summed E-state index contributed by atoms with van der Waals surface area (Å²) in [6.07, 6.45) is 0. The van der Waals surface area contributed by atoms with E-state index in [0.29, 0.717) is 33.9 Å². The average molecular weight is 523 g/mol. The molecule has 0 atom stereocenters. The van der Waals surface area contributed by atoms with Crippen LogP contribution in [0.4, 0.5) is 27.5 Å². The highest BCUT2D eigenvalue weighted by atomic mass is 32.1. The van der Waals surface area contributed by atoms with Crippen molar-refractivity contribution in [3.05, 3.63) is 118 Å². The Kier molecular flexibility index (Phi) is 6.65.